The Bertz CT molecular complexity index is 147. The first-order valence-corrected chi connectivity index (χ1v) is 3.30. The van der Waals surface area contributed by atoms with E-state index >= 15 is 0 Å². The van der Waals surface area contributed by atoms with E-state index in [9.17, 15) is 12.8 Å². The zero-order valence-corrected chi connectivity index (χ0v) is 4.60. The van der Waals surface area contributed by atoms with Crippen LogP contribution in [0.1, 0.15) is 0 Å². The molecule has 0 bridgehead atoms. The largest absolute Gasteiger partial charge is 0.363 e. The predicted octanol–water partition coefficient (Wildman–Crippen LogP) is -0.838. The number of rotatable bonds is 2. The number of alkyl halides is 1. The van der Waals surface area contributed by atoms with Crippen molar-refractivity contribution >= 4 is 10.1 Å². The standard InChI is InChI=1S/C2H5FO4S/c3-2(4)1-8(5,6)7/h2,4H,1H2,(H,5,6,7). The van der Waals surface area contributed by atoms with Gasteiger partial charge in [-0.2, -0.15) is 8.42 Å². The van der Waals surface area contributed by atoms with Crippen LogP contribution in [0.3, 0.4) is 0 Å². The maximum atomic E-state index is 11.2. The molecule has 0 radical (unpaired) electrons. The Hall–Kier alpha value is -0.200. The van der Waals surface area contributed by atoms with Crippen molar-refractivity contribution in [2.75, 3.05) is 5.75 Å². The van der Waals surface area contributed by atoms with Gasteiger partial charge in [0.25, 0.3) is 10.1 Å². The molecule has 0 saturated heterocycles. The van der Waals surface area contributed by atoms with Gasteiger partial charge in [-0.25, -0.2) is 4.39 Å². The van der Waals surface area contributed by atoms with Crippen molar-refractivity contribution in [2.24, 2.45) is 0 Å². The Morgan fingerprint density at radius 1 is 1.62 bits per heavy atom. The summed E-state index contributed by atoms with van der Waals surface area (Å²) in [5.74, 6) is -1.26. The third-order valence-corrected chi connectivity index (χ3v) is 1.04. The second kappa shape index (κ2) is 2.38. The lowest BCUT2D eigenvalue weighted by molar-refractivity contribution is 0.0623. The highest BCUT2D eigenvalue weighted by Crippen LogP contribution is 1.89. The van der Waals surface area contributed by atoms with Crippen molar-refractivity contribution in [3.05, 3.63) is 0 Å². The normalized spacial score (nSPS) is 15.9. The van der Waals surface area contributed by atoms with Gasteiger partial charge in [0.2, 0.25) is 6.36 Å². The molecule has 0 rings (SSSR count). The Morgan fingerprint density at radius 3 is 2.00 bits per heavy atom. The molecule has 8 heavy (non-hydrogen) atoms. The number of hydrogen-bond acceptors (Lipinski definition) is 3. The summed E-state index contributed by atoms with van der Waals surface area (Å²) in [6, 6.07) is 0. The van der Waals surface area contributed by atoms with E-state index in [0.29, 0.717) is 0 Å². The second-order valence-corrected chi connectivity index (χ2v) is 2.68. The van der Waals surface area contributed by atoms with Crippen LogP contribution in [0.15, 0.2) is 0 Å². The summed E-state index contributed by atoms with van der Waals surface area (Å²) < 4.78 is 38.2. The summed E-state index contributed by atoms with van der Waals surface area (Å²) in [6.45, 7) is 0. The zero-order chi connectivity index (χ0) is 6.78. The minimum atomic E-state index is -4.35. The van der Waals surface area contributed by atoms with Gasteiger partial charge < -0.3 is 5.11 Å². The maximum absolute atomic E-state index is 11.2. The molecule has 0 aromatic carbocycles. The molecule has 50 valence electrons. The first-order chi connectivity index (χ1) is 3.42. The van der Waals surface area contributed by atoms with E-state index in [0.717, 1.165) is 0 Å². The van der Waals surface area contributed by atoms with Crippen molar-refractivity contribution in [1.82, 2.24) is 0 Å². The minimum absolute atomic E-state index is 1.26. The van der Waals surface area contributed by atoms with Gasteiger partial charge in [0.1, 0.15) is 5.75 Å². The molecule has 0 aromatic heterocycles. The van der Waals surface area contributed by atoms with Gasteiger partial charge in [-0.05, 0) is 0 Å². The quantitative estimate of drug-likeness (QED) is 0.495. The van der Waals surface area contributed by atoms with Crippen molar-refractivity contribution < 1.29 is 22.5 Å². The fourth-order valence-electron chi connectivity index (χ4n) is 0.174. The van der Waals surface area contributed by atoms with Crippen LogP contribution in [0.2, 0.25) is 0 Å². The van der Waals surface area contributed by atoms with E-state index in [2.05, 4.69) is 0 Å². The van der Waals surface area contributed by atoms with E-state index in [4.69, 9.17) is 9.66 Å². The van der Waals surface area contributed by atoms with E-state index in [1.54, 1.807) is 0 Å². The number of hydrogen-bond donors (Lipinski definition) is 2. The van der Waals surface area contributed by atoms with Gasteiger partial charge in [0.05, 0.1) is 0 Å². The van der Waals surface area contributed by atoms with E-state index in [1.807, 2.05) is 0 Å². The Balaban J connectivity index is 3.75. The Labute approximate surface area is 45.7 Å². The number of aliphatic hydroxyl groups excluding tert-OH is 1. The molecule has 0 fully saturated rings. The summed E-state index contributed by atoms with van der Waals surface area (Å²) in [5.41, 5.74) is 0. The molecule has 1 unspecified atom stereocenters. The zero-order valence-electron chi connectivity index (χ0n) is 3.78. The minimum Gasteiger partial charge on any atom is -0.363 e. The molecule has 0 aromatic rings. The number of halogens is 1. The first kappa shape index (κ1) is 7.80. The smallest absolute Gasteiger partial charge is 0.270 e. The second-order valence-electron chi connectivity index (χ2n) is 1.18. The van der Waals surface area contributed by atoms with Crippen LogP contribution in [0.4, 0.5) is 4.39 Å². The third kappa shape index (κ3) is 5.80. The van der Waals surface area contributed by atoms with Crippen molar-refractivity contribution in [2.45, 2.75) is 6.36 Å². The molecule has 0 amide bonds. The molecular weight excluding hydrogens is 139 g/mol. The van der Waals surface area contributed by atoms with Crippen LogP contribution in [-0.4, -0.2) is 30.2 Å². The van der Waals surface area contributed by atoms with Crippen molar-refractivity contribution in [3.63, 3.8) is 0 Å². The van der Waals surface area contributed by atoms with E-state index in [-0.39, 0.29) is 0 Å². The molecule has 0 aliphatic heterocycles. The fraction of sp³-hybridized carbons (Fsp3) is 1.00. The van der Waals surface area contributed by atoms with Crippen LogP contribution >= 0.6 is 0 Å². The highest BCUT2D eigenvalue weighted by Gasteiger charge is 2.11. The molecule has 0 saturated carbocycles. The van der Waals surface area contributed by atoms with Gasteiger partial charge in [0, 0.05) is 0 Å². The third-order valence-electron chi connectivity index (χ3n) is 0.348. The summed E-state index contributed by atoms with van der Waals surface area (Å²) >= 11 is 0. The lowest BCUT2D eigenvalue weighted by atomic mass is 10.8. The van der Waals surface area contributed by atoms with Gasteiger partial charge in [-0.15, -0.1) is 0 Å². The van der Waals surface area contributed by atoms with Gasteiger partial charge >= 0.3 is 0 Å². The topological polar surface area (TPSA) is 74.6 Å². The van der Waals surface area contributed by atoms with E-state index < -0.39 is 22.2 Å². The lowest BCUT2D eigenvalue weighted by Crippen LogP contribution is -2.14. The lowest BCUT2D eigenvalue weighted by Gasteiger charge is -1.93. The molecular formula is C2H5FO4S. The van der Waals surface area contributed by atoms with Gasteiger partial charge in [-0.1, -0.05) is 0 Å². The first-order valence-electron chi connectivity index (χ1n) is 1.69. The Morgan fingerprint density at radius 2 is 2.00 bits per heavy atom. The van der Waals surface area contributed by atoms with Crippen LogP contribution in [0.5, 0.6) is 0 Å². The van der Waals surface area contributed by atoms with Crippen LogP contribution in [-0.2, 0) is 10.1 Å². The molecule has 0 aliphatic carbocycles. The molecule has 1 atom stereocenters. The molecule has 0 aliphatic rings. The number of aliphatic hydroxyl groups is 1. The summed E-state index contributed by atoms with van der Waals surface area (Å²) in [5, 5.41) is 7.68. The predicted molar refractivity (Wildman–Crippen MR) is 23.5 cm³/mol. The molecule has 0 spiro atoms. The van der Waals surface area contributed by atoms with Gasteiger partial charge in [0.15, 0.2) is 0 Å². The average Bonchev–Trinajstić information content (AvgIpc) is 1.21. The highest BCUT2D eigenvalue weighted by molar-refractivity contribution is 7.85. The summed E-state index contributed by atoms with van der Waals surface area (Å²) in [4.78, 5) is 0. The SMILES string of the molecule is O=S(=O)(O)CC(O)F. The summed E-state index contributed by atoms with van der Waals surface area (Å²) in [7, 11) is -4.35. The molecule has 0 heterocycles. The van der Waals surface area contributed by atoms with Crippen LogP contribution in [0.25, 0.3) is 0 Å². The molecule has 2 N–H and O–H groups in total. The highest BCUT2D eigenvalue weighted by atomic mass is 32.2. The van der Waals surface area contributed by atoms with Crippen molar-refractivity contribution in [1.29, 1.82) is 0 Å². The van der Waals surface area contributed by atoms with Gasteiger partial charge in [-0.3, -0.25) is 4.55 Å². The summed E-state index contributed by atoms with van der Waals surface area (Å²) in [6.07, 6.45) is -2.50. The average molecular weight is 144 g/mol. The van der Waals surface area contributed by atoms with Crippen molar-refractivity contribution in [3.8, 4) is 0 Å². The van der Waals surface area contributed by atoms with Crippen LogP contribution in [0, 0.1) is 0 Å². The van der Waals surface area contributed by atoms with E-state index in [1.165, 1.54) is 0 Å². The fourth-order valence-corrected chi connectivity index (χ4v) is 0.521. The van der Waals surface area contributed by atoms with Crippen LogP contribution < -0.4 is 0 Å². The molecule has 4 nitrogen and oxygen atoms in total. The Kier molecular flexibility index (Phi) is 2.32. The molecule has 6 heteroatoms. The monoisotopic (exact) mass is 144 g/mol. The maximum Gasteiger partial charge on any atom is 0.270 e.